The Bertz CT molecular complexity index is 349. The Labute approximate surface area is 100 Å². The van der Waals surface area contributed by atoms with E-state index in [-0.39, 0.29) is 5.91 Å². The van der Waals surface area contributed by atoms with Crippen molar-refractivity contribution >= 4 is 17.5 Å². The first-order chi connectivity index (χ1) is 7.79. The van der Waals surface area contributed by atoms with E-state index >= 15 is 0 Å². The molecule has 1 saturated heterocycles. The van der Waals surface area contributed by atoms with Gasteiger partial charge in [-0.1, -0.05) is 6.07 Å². The van der Waals surface area contributed by atoms with Crippen LogP contribution in [0.25, 0.3) is 0 Å². The number of halogens is 1. The monoisotopic (exact) mass is 238 g/mol. The standard InChI is InChI=1S/C12H15ClN2O/c13-11(10-5-4-6-14-9-10)12(16)15-7-2-1-3-8-15/h4-6,9,11H,1-3,7-8H2. The van der Waals surface area contributed by atoms with Crippen molar-refractivity contribution in [3.05, 3.63) is 30.1 Å². The summed E-state index contributed by atoms with van der Waals surface area (Å²) >= 11 is 6.16. The van der Waals surface area contributed by atoms with Crippen LogP contribution in [0.4, 0.5) is 0 Å². The van der Waals surface area contributed by atoms with Crippen molar-refractivity contribution in [2.45, 2.75) is 24.6 Å². The van der Waals surface area contributed by atoms with Gasteiger partial charge >= 0.3 is 0 Å². The molecule has 2 heterocycles. The van der Waals surface area contributed by atoms with Gasteiger partial charge in [0.15, 0.2) is 0 Å². The molecule has 4 heteroatoms. The molecule has 0 radical (unpaired) electrons. The van der Waals surface area contributed by atoms with E-state index in [0.717, 1.165) is 31.5 Å². The molecule has 1 unspecified atom stereocenters. The maximum Gasteiger partial charge on any atom is 0.245 e. The van der Waals surface area contributed by atoms with Crippen molar-refractivity contribution in [2.75, 3.05) is 13.1 Å². The molecule has 0 aromatic carbocycles. The van der Waals surface area contributed by atoms with Gasteiger partial charge in [-0.15, -0.1) is 11.6 Å². The molecule has 0 aliphatic carbocycles. The molecule has 1 fully saturated rings. The summed E-state index contributed by atoms with van der Waals surface area (Å²) in [6.07, 6.45) is 6.71. The second-order valence-electron chi connectivity index (χ2n) is 4.03. The number of pyridine rings is 1. The van der Waals surface area contributed by atoms with E-state index in [2.05, 4.69) is 4.98 Å². The maximum atomic E-state index is 12.1. The minimum absolute atomic E-state index is 0.00867. The average molecular weight is 239 g/mol. The second kappa shape index (κ2) is 5.30. The van der Waals surface area contributed by atoms with Crippen LogP contribution in [0, 0.1) is 0 Å². The minimum atomic E-state index is -0.591. The molecule has 1 aromatic rings. The molecule has 0 N–H and O–H groups in total. The predicted molar refractivity (Wildman–Crippen MR) is 63.3 cm³/mol. The molecule has 1 amide bonds. The van der Waals surface area contributed by atoms with E-state index in [1.807, 2.05) is 11.0 Å². The molecule has 3 nitrogen and oxygen atoms in total. The van der Waals surface area contributed by atoms with E-state index in [0.29, 0.717) is 0 Å². The van der Waals surface area contributed by atoms with Gasteiger partial charge < -0.3 is 4.90 Å². The summed E-state index contributed by atoms with van der Waals surface area (Å²) in [7, 11) is 0. The zero-order valence-electron chi connectivity index (χ0n) is 9.10. The van der Waals surface area contributed by atoms with Crippen molar-refractivity contribution in [1.82, 2.24) is 9.88 Å². The number of carbonyl (C=O) groups excluding carboxylic acids is 1. The fourth-order valence-electron chi connectivity index (χ4n) is 1.94. The number of amides is 1. The number of likely N-dealkylation sites (tertiary alicyclic amines) is 1. The fourth-order valence-corrected chi connectivity index (χ4v) is 2.21. The third-order valence-electron chi connectivity index (χ3n) is 2.86. The largest absolute Gasteiger partial charge is 0.341 e. The number of piperidine rings is 1. The summed E-state index contributed by atoms with van der Waals surface area (Å²) in [5.41, 5.74) is 0.778. The van der Waals surface area contributed by atoms with E-state index in [1.165, 1.54) is 6.42 Å². The van der Waals surface area contributed by atoms with Crippen LogP contribution in [0.1, 0.15) is 30.2 Å². The van der Waals surface area contributed by atoms with Gasteiger partial charge in [-0.3, -0.25) is 9.78 Å². The molecule has 86 valence electrons. The Morgan fingerprint density at radius 3 is 2.75 bits per heavy atom. The Hall–Kier alpha value is -1.09. The third kappa shape index (κ3) is 2.53. The highest BCUT2D eigenvalue weighted by molar-refractivity contribution is 6.30. The summed E-state index contributed by atoms with van der Waals surface area (Å²) in [6, 6.07) is 3.64. The summed E-state index contributed by atoms with van der Waals surface area (Å²) in [6.45, 7) is 1.67. The Morgan fingerprint density at radius 1 is 1.38 bits per heavy atom. The van der Waals surface area contributed by atoms with Crippen LogP contribution in [0.5, 0.6) is 0 Å². The van der Waals surface area contributed by atoms with Gasteiger partial charge in [0, 0.05) is 25.5 Å². The van der Waals surface area contributed by atoms with Gasteiger partial charge in [0.1, 0.15) is 5.38 Å². The van der Waals surface area contributed by atoms with Crippen LogP contribution in [0.3, 0.4) is 0 Å². The highest BCUT2D eigenvalue weighted by atomic mass is 35.5. The van der Waals surface area contributed by atoms with Gasteiger partial charge in [-0.25, -0.2) is 0 Å². The fraction of sp³-hybridized carbons (Fsp3) is 0.500. The molecule has 1 aliphatic heterocycles. The summed E-state index contributed by atoms with van der Waals surface area (Å²) in [5.74, 6) is 0.00867. The van der Waals surface area contributed by atoms with Crippen LogP contribution < -0.4 is 0 Å². The highest BCUT2D eigenvalue weighted by Crippen LogP contribution is 2.23. The Kier molecular flexibility index (Phi) is 3.78. The predicted octanol–water partition coefficient (Wildman–Crippen LogP) is 2.37. The maximum absolute atomic E-state index is 12.1. The molecule has 1 atom stereocenters. The highest BCUT2D eigenvalue weighted by Gasteiger charge is 2.24. The summed E-state index contributed by atoms with van der Waals surface area (Å²) in [5, 5.41) is -0.591. The van der Waals surface area contributed by atoms with Gasteiger partial charge in [0.2, 0.25) is 5.91 Å². The zero-order chi connectivity index (χ0) is 11.4. The van der Waals surface area contributed by atoms with Gasteiger partial charge in [-0.05, 0) is 30.9 Å². The second-order valence-corrected chi connectivity index (χ2v) is 4.47. The van der Waals surface area contributed by atoms with E-state index < -0.39 is 5.38 Å². The SMILES string of the molecule is O=C(C(Cl)c1cccnc1)N1CCCCC1. The van der Waals surface area contributed by atoms with Crippen LogP contribution in [0.15, 0.2) is 24.5 Å². The van der Waals surface area contributed by atoms with Gasteiger partial charge in [0.25, 0.3) is 0 Å². The summed E-state index contributed by atoms with van der Waals surface area (Å²) < 4.78 is 0. The number of hydrogen-bond donors (Lipinski definition) is 0. The van der Waals surface area contributed by atoms with Crippen LogP contribution in [-0.2, 0) is 4.79 Å². The molecule has 16 heavy (non-hydrogen) atoms. The average Bonchev–Trinajstić information content (AvgIpc) is 2.39. The molecular weight excluding hydrogens is 224 g/mol. The zero-order valence-corrected chi connectivity index (χ0v) is 9.86. The van der Waals surface area contributed by atoms with Crippen LogP contribution >= 0.6 is 11.6 Å². The first-order valence-electron chi connectivity index (χ1n) is 5.62. The Morgan fingerprint density at radius 2 is 2.12 bits per heavy atom. The Balaban J connectivity index is 2.04. The number of carbonyl (C=O) groups is 1. The van der Waals surface area contributed by atoms with Crippen molar-refractivity contribution in [3.8, 4) is 0 Å². The molecule has 2 rings (SSSR count). The van der Waals surface area contributed by atoms with Gasteiger partial charge in [-0.2, -0.15) is 0 Å². The van der Waals surface area contributed by atoms with Crippen molar-refractivity contribution < 1.29 is 4.79 Å². The van der Waals surface area contributed by atoms with Gasteiger partial charge in [0.05, 0.1) is 0 Å². The summed E-state index contributed by atoms with van der Waals surface area (Å²) in [4.78, 5) is 17.9. The number of hydrogen-bond acceptors (Lipinski definition) is 2. The first kappa shape index (κ1) is 11.4. The molecule has 0 saturated carbocycles. The van der Waals surface area contributed by atoms with E-state index in [4.69, 9.17) is 11.6 Å². The minimum Gasteiger partial charge on any atom is -0.341 e. The van der Waals surface area contributed by atoms with E-state index in [1.54, 1.807) is 18.5 Å². The number of nitrogens with zero attached hydrogens (tertiary/aromatic N) is 2. The lowest BCUT2D eigenvalue weighted by Gasteiger charge is -2.28. The van der Waals surface area contributed by atoms with Crippen LogP contribution in [-0.4, -0.2) is 28.9 Å². The first-order valence-corrected chi connectivity index (χ1v) is 6.05. The van der Waals surface area contributed by atoms with Crippen molar-refractivity contribution in [3.63, 3.8) is 0 Å². The normalized spacial score (nSPS) is 18.2. The lowest BCUT2D eigenvalue weighted by molar-refractivity contribution is -0.131. The lowest BCUT2D eigenvalue weighted by Crippen LogP contribution is -2.37. The van der Waals surface area contributed by atoms with Crippen molar-refractivity contribution in [1.29, 1.82) is 0 Å². The molecular formula is C12H15ClN2O. The number of alkyl halides is 1. The smallest absolute Gasteiger partial charge is 0.245 e. The molecule has 0 spiro atoms. The molecule has 1 aliphatic rings. The molecule has 0 bridgehead atoms. The van der Waals surface area contributed by atoms with Crippen LogP contribution in [0.2, 0.25) is 0 Å². The number of rotatable bonds is 2. The quantitative estimate of drug-likeness (QED) is 0.742. The van der Waals surface area contributed by atoms with E-state index in [9.17, 15) is 4.79 Å². The third-order valence-corrected chi connectivity index (χ3v) is 3.30. The lowest BCUT2D eigenvalue weighted by atomic mass is 10.1. The molecule has 1 aromatic heterocycles. The topological polar surface area (TPSA) is 33.2 Å². The van der Waals surface area contributed by atoms with Crippen molar-refractivity contribution in [2.24, 2.45) is 0 Å². The number of aromatic nitrogens is 1.